The summed E-state index contributed by atoms with van der Waals surface area (Å²) in [5, 5.41) is 68.9. The van der Waals surface area contributed by atoms with Gasteiger partial charge in [-0.15, -0.1) is 5.10 Å². The van der Waals surface area contributed by atoms with Crippen LogP contribution in [0.15, 0.2) is 54.7 Å². The van der Waals surface area contributed by atoms with Crippen molar-refractivity contribution in [2.75, 3.05) is 47.5 Å². The van der Waals surface area contributed by atoms with Gasteiger partial charge in [-0.05, 0) is 135 Å². The molecule has 0 amide bonds. The van der Waals surface area contributed by atoms with E-state index in [1.807, 2.05) is 87.0 Å². The average molecular weight is 1110 g/mol. The van der Waals surface area contributed by atoms with E-state index in [-0.39, 0.29) is 43.1 Å². The summed E-state index contributed by atoms with van der Waals surface area (Å²) < 4.78 is 45.2. The van der Waals surface area contributed by atoms with Gasteiger partial charge in [-0.1, -0.05) is 57.2 Å². The molecule has 5 N–H and O–H groups in total. The van der Waals surface area contributed by atoms with Crippen molar-refractivity contribution in [3.8, 4) is 16.9 Å². The van der Waals surface area contributed by atoms with Crippen LogP contribution in [0.3, 0.4) is 0 Å². The molecule has 2 aromatic carbocycles. The third-order valence-electron chi connectivity index (χ3n) is 17.3. The molecule has 3 heterocycles. The van der Waals surface area contributed by atoms with Crippen LogP contribution in [0.5, 0.6) is 5.75 Å². The van der Waals surface area contributed by atoms with Crippen molar-refractivity contribution >= 4 is 11.9 Å². The highest BCUT2D eigenvalue weighted by molar-refractivity contribution is 5.90. The molecule has 2 aliphatic heterocycles. The fraction of sp³-hybridized carbons (Fsp3) is 0.733. The van der Waals surface area contributed by atoms with Gasteiger partial charge in [-0.3, -0.25) is 9.48 Å². The zero-order chi connectivity index (χ0) is 58.1. The van der Waals surface area contributed by atoms with Crippen molar-refractivity contribution in [1.29, 1.82) is 0 Å². The van der Waals surface area contributed by atoms with E-state index in [0.717, 1.165) is 22.6 Å². The third-order valence-corrected chi connectivity index (χ3v) is 17.3. The summed E-state index contributed by atoms with van der Waals surface area (Å²) in [6, 6.07) is 14.3. The number of hydrogen-bond donors (Lipinski definition) is 5. The standard InChI is InChI=1S/C60H95N5O14/c1-15-49-60(11,72)53(67)40(7)64(13)34-37(4)32-58(9,71)55(38(5)52(39(6)56(69)78-49)79-50-33-59(10,73-14)54(68)41(8)76-50)77-48-31-36(3)30-47(51(48)66)63(12)28-26-45-35-65(62-61-45)27-17-29-75-46-24-22-43(23-25-46)42-18-20-44(21-19-42)57(70)74-16-2/h18-25,35-41,47-55,66-68,71-72H,15-17,26-34H2,1-14H3/t36-,37-,38+,39-,40-,41+,47+,48-,49-,50+,51-,52+,53-,54+,55-,58-,59-,60-/m1/s1. The van der Waals surface area contributed by atoms with Crippen molar-refractivity contribution < 1.29 is 68.3 Å². The largest absolute Gasteiger partial charge is 0.494 e. The van der Waals surface area contributed by atoms with E-state index in [1.54, 1.807) is 53.7 Å². The molecule has 0 bridgehead atoms. The van der Waals surface area contributed by atoms with Crippen LogP contribution in [0.25, 0.3) is 11.1 Å². The Labute approximate surface area is 469 Å². The van der Waals surface area contributed by atoms with E-state index in [2.05, 4.69) is 22.1 Å². The number of aryl methyl sites for hydroxylation is 1. The summed E-state index contributed by atoms with van der Waals surface area (Å²) in [4.78, 5) is 30.7. The number of aliphatic hydroxyl groups is 5. The van der Waals surface area contributed by atoms with Gasteiger partial charge in [-0.2, -0.15) is 0 Å². The molecule has 3 fully saturated rings. The Hall–Kier alpha value is -4.12. The zero-order valence-electron chi connectivity index (χ0n) is 49.5. The molecule has 18 atom stereocenters. The Bertz CT molecular complexity index is 2370. The summed E-state index contributed by atoms with van der Waals surface area (Å²) in [5.74, 6) is -2.06. The number of benzene rings is 2. The number of cyclic esters (lactones) is 1. The van der Waals surface area contributed by atoms with Crippen molar-refractivity contribution in [3.05, 3.63) is 66.0 Å². The molecule has 79 heavy (non-hydrogen) atoms. The van der Waals surface area contributed by atoms with Crippen molar-refractivity contribution in [1.82, 2.24) is 24.8 Å². The van der Waals surface area contributed by atoms with E-state index in [0.29, 0.717) is 64.1 Å². The van der Waals surface area contributed by atoms with Gasteiger partial charge in [0.15, 0.2) is 6.29 Å². The molecule has 2 saturated heterocycles. The second-order valence-corrected chi connectivity index (χ2v) is 24.0. The SMILES string of the molecule is CCOC(=O)c1ccc(-c2ccc(OCCCn3cc(CCN(C)[C@H]4C[C@@H](C)C[C@@H](O[C@@H]5[C@@H](C)[C@H](O[C@H]6C[C@@](C)(OC)[C@@H](O)[C@H](C)O6)[C@@H](C)C(=O)O[C@H](CC)[C@@](C)(O)[C@H](O)[C@@H](C)N(C)C[C@H](C)C[C@@]5(C)O)[C@@H]4O)nn3)cc2)cc1. The third kappa shape index (κ3) is 15.9. The Kier molecular flexibility index (Phi) is 22.5. The highest BCUT2D eigenvalue weighted by Crippen LogP contribution is 2.41. The molecular weight excluding hydrogens is 1010 g/mol. The lowest BCUT2D eigenvalue weighted by Gasteiger charge is -2.49. The average Bonchev–Trinajstić information content (AvgIpc) is 3.88. The van der Waals surface area contributed by atoms with Crippen molar-refractivity contribution in [2.24, 2.45) is 23.7 Å². The van der Waals surface area contributed by atoms with Gasteiger partial charge in [0.25, 0.3) is 0 Å². The van der Waals surface area contributed by atoms with Crippen LogP contribution in [-0.2, 0) is 46.2 Å². The maximum atomic E-state index is 14.5. The lowest BCUT2D eigenvalue weighted by Crippen LogP contribution is -2.60. The van der Waals surface area contributed by atoms with Crippen LogP contribution < -0.4 is 4.74 Å². The van der Waals surface area contributed by atoms with Gasteiger partial charge in [-0.25, -0.2) is 4.79 Å². The van der Waals surface area contributed by atoms with Gasteiger partial charge in [0.05, 0.1) is 72.1 Å². The number of likely N-dealkylation sites (N-methyl/N-ethyl adjacent to an activating group) is 2. The first-order chi connectivity index (χ1) is 37.2. The maximum absolute atomic E-state index is 14.5. The highest BCUT2D eigenvalue weighted by Gasteiger charge is 2.52. The van der Waals surface area contributed by atoms with Gasteiger partial charge < -0.3 is 68.5 Å². The number of hydrogen-bond acceptors (Lipinski definition) is 18. The second-order valence-electron chi connectivity index (χ2n) is 24.0. The monoisotopic (exact) mass is 1110 g/mol. The van der Waals surface area contributed by atoms with Crippen LogP contribution in [-0.4, -0.2) is 194 Å². The smallest absolute Gasteiger partial charge is 0.338 e. The molecule has 444 valence electrons. The van der Waals surface area contributed by atoms with E-state index < -0.39 is 95.8 Å². The first-order valence-corrected chi connectivity index (χ1v) is 28.7. The molecule has 0 spiro atoms. The lowest BCUT2D eigenvalue weighted by atomic mass is 9.76. The zero-order valence-corrected chi connectivity index (χ0v) is 49.5. The van der Waals surface area contributed by atoms with Crippen LogP contribution in [0.2, 0.25) is 0 Å². The summed E-state index contributed by atoms with van der Waals surface area (Å²) in [5.41, 5.74) is -1.11. The predicted octanol–water partition coefficient (Wildman–Crippen LogP) is 6.08. The Balaban J connectivity index is 1.14. The maximum Gasteiger partial charge on any atom is 0.338 e. The topological polar surface area (TPSA) is 237 Å². The van der Waals surface area contributed by atoms with Crippen molar-refractivity contribution in [2.45, 2.75) is 212 Å². The van der Waals surface area contributed by atoms with Gasteiger partial charge in [0, 0.05) is 70.2 Å². The minimum Gasteiger partial charge on any atom is -0.494 e. The lowest BCUT2D eigenvalue weighted by molar-refractivity contribution is -0.302. The number of aliphatic hydroxyl groups excluding tert-OH is 3. The molecule has 1 saturated carbocycles. The second kappa shape index (κ2) is 27.8. The number of carbonyl (C=O) groups is 2. The predicted molar refractivity (Wildman–Crippen MR) is 298 cm³/mol. The summed E-state index contributed by atoms with van der Waals surface area (Å²) in [6.45, 7) is 22.3. The van der Waals surface area contributed by atoms with Gasteiger partial charge >= 0.3 is 11.9 Å². The summed E-state index contributed by atoms with van der Waals surface area (Å²) >= 11 is 0. The molecular formula is C60H95N5O14. The molecule has 1 aliphatic carbocycles. The molecule has 0 unspecified atom stereocenters. The Morgan fingerprint density at radius 2 is 1.54 bits per heavy atom. The van der Waals surface area contributed by atoms with Crippen LogP contribution in [0, 0.1) is 23.7 Å². The number of methoxy groups -OCH3 is 1. The minimum atomic E-state index is -1.83. The molecule has 19 heteroatoms. The summed E-state index contributed by atoms with van der Waals surface area (Å²) in [6.07, 6.45) is -3.68. The van der Waals surface area contributed by atoms with E-state index in [4.69, 9.17) is 33.2 Å². The van der Waals surface area contributed by atoms with E-state index >= 15 is 0 Å². The molecule has 3 aliphatic rings. The molecule has 0 radical (unpaired) electrons. The number of rotatable bonds is 18. The Morgan fingerprint density at radius 3 is 2.18 bits per heavy atom. The van der Waals surface area contributed by atoms with E-state index in [1.165, 1.54) is 14.0 Å². The first kappa shape index (κ1) is 64.1. The molecule has 1 aromatic heterocycles. The van der Waals surface area contributed by atoms with Crippen LogP contribution >= 0.6 is 0 Å². The number of carbonyl (C=O) groups excluding carboxylic acids is 2. The number of ether oxygens (including phenoxy) is 7. The molecule has 3 aromatic rings. The minimum absolute atomic E-state index is 0.122. The van der Waals surface area contributed by atoms with Gasteiger partial charge in [0.2, 0.25) is 0 Å². The molecule has 6 rings (SSSR count). The van der Waals surface area contributed by atoms with E-state index in [9.17, 15) is 35.1 Å². The highest BCUT2D eigenvalue weighted by atomic mass is 16.7. The first-order valence-electron chi connectivity index (χ1n) is 28.7. The Morgan fingerprint density at radius 1 is 0.886 bits per heavy atom. The summed E-state index contributed by atoms with van der Waals surface area (Å²) in [7, 11) is 5.37. The fourth-order valence-electron chi connectivity index (χ4n) is 12.3. The quantitative estimate of drug-likeness (QED) is 0.0717. The van der Waals surface area contributed by atoms with Crippen LogP contribution in [0.1, 0.15) is 131 Å². The van der Waals surface area contributed by atoms with Gasteiger partial charge in [0.1, 0.15) is 29.7 Å². The number of esters is 2. The number of aromatic nitrogens is 3. The van der Waals surface area contributed by atoms with Crippen molar-refractivity contribution in [3.63, 3.8) is 0 Å². The normalized spacial score (nSPS) is 36.5. The van der Waals surface area contributed by atoms with Crippen LogP contribution in [0.4, 0.5) is 0 Å². The fourth-order valence-corrected chi connectivity index (χ4v) is 12.3. The number of nitrogens with zero attached hydrogens (tertiary/aromatic N) is 5. The molecule has 19 nitrogen and oxygen atoms in total.